The van der Waals surface area contributed by atoms with Crippen molar-refractivity contribution in [2.45, 2.75) is 0 Å². The molecule has 0 aliphatic carbocycles. The van der Waals surface area contributed by atoms with Crippen molar-refractivity contribution in [1.82, 2.24) is 9.97 Å². The van der Waals surface area contributed by atoms with E-state index in [2.05, 4.69) is 15.3 Å². The smallest absolute Gasteiger partial charge is 0.154 e. The highest BCUT2D eigenvalue weighted by Crippen LogP contribution is 2.27. The molecule has 0 saturated carbocycles. The average Bonchev–Trinajstić information content (AvgIpc) is 2.26. The Hall–Kier alpha value is -1.32. The van der Waals surface area contributed by atoms with Gasteiger partial charge in [0.25, 0.3) is 0 Å². The molecule has 0 atom stereocenters. The van der Waals surface area contributed by atoms with E-state index in [0.717, 1.165) is 5.69 Å². The van der Waals surface area contributed by atoms with Crippen molar-refractivity contribution in [3.63, 3.8) is 0 Å². The van der Waals surface area contributed by atoms with E-state index in [1.54, 1.807) is 0 Å². The quantitative estimate of drug-likeness (QED) is 0.816. The molecule has 0 radical (unpaired) electrons. The van der Waals surface area contributed by atoms with Crippen molar-refractivity contribution >= 4 is 34.7 Å². The molecule has 2 rings (SSSR count). The molecule has 76 valence electrons. The lowest BCUT2D eigenvalue weighted by atomic mass is 10.3. The normalized spacial score (nSPS) is 10.0. The lowest BCUT2D eigenvalue weighted by molar-refractivity contribution is 1.17. The first-order valence-electron chi connectivity index (χ1n) is 4.25. The van der Waals surface area contributed by atoms with Crippen LogP contribution in [0.4, 0.5) is 11.5 Å². The van der Waals surface area contributed by atoms with Gasteiger partial charge in [0.05, 0.1) is 0 Å². The molecule has 0 unspecified atom stereocenters. The Bertz CT molecular complexity index is 459. The fourth-order valence-corrected chi connectivity index (χ4v) is 1.37. The van der Waals surface area contributed by atoms with E-state index in [4.69, 9.17) is 23.2 Å². The Kier molecular flexibility index (Phi) is 3.04. The van der Waals surface area contributed by atoms with E-state index in [-0.39, 0.29) is 5.15 Å². The van der Waals surface area contributed by atoms with Crippen LogP contribution >= 0.6 is 23.2 Å². The van der Waals surface area contributed by atoms with Crippen LogP contribution in [0.15, 0.2) is 36.7 Å². The largest absolute Gasteiger partial charge is 0.339 e. The first-order valence-corrected chi connectivity index (χ1v) is 5.01. The number of nitrogens with one attached hydrogen (secondary N) is 1. The molecule has 0 fully saturated rings. The summed E-state index contributed by atoms with van der Waals surface area (Å²) in [6.45, 7) is 0. The molecule has 0 saturated heterocycles. The van der Waals surface area contributed by atoms with E-state index < -0.39 is 0 Å². The maximum absolute atomic E-state index is 5.92. The molecular formula is C10H7Cl2N3. The van der Waals surface area contributed by atoms with E-state index >= 15 is 0 Å². The van der Waals surface area contributed by atoms with E-state index in [1.165, 1.54) is 6.33 Å². The molecule has 3 nitrogen and oxygen atoms in total. The highest BCUT2D eigenvalue weighted by molar-refractivity contribution is 6.42. The van der Waals surface area contributed by atoms with Gasteiger partial charge >= 0.3 is 0 Å². The minimum atomic E-state index is 0.241. The highest BCUT2D eigenvalue weighted by Gasteiger charge is 2.06. The lowest BCUT2D eigenvalue weighted by Crippen LogP contribution is -1.95. The SMILES string of the molecule is Clc1ncnc(Nc2ccccc2)c1Cl. The Morgan fingerprint density at radius 3 is 2.47 bits per heavy atom. The standard InChI is InChI=1S/C10H7Cl2N3/c11-8-9(12)13-6-14-10(8)15-7-4-2-1-3-5-7/h1-6H,(H,13,14,15). The van der Waals surface area contributed by atoms with Crippen molar-refractivity contribution in [3.8, 4) is 0 Å². The molecule has 0 bridgehead atoms. The molecule has 1 heterocycles. The van der Waals surface area contributed by atoms with Gasteiger partial charge in [-0.2, -0.15) is 0 Å². The number of hydrogen-bond acceptors (Lipinski definition) is 3. The third-order valence-corrected chi connectivity index (χ3v) is 2.52. The number of hydrogen-bond donors (Lipinski definition) is 1. The predicted molar refractivity (Wildman–Crippen MR) is 61.8 cm³/mol. The van der Waals surface area contributed by atoms with Gasteiger partial charge in [0.15, 0.2) is 11.0 Å². The van der Waals surface area contributed by atoms with Crippen LogP contribution in [0, 0.1) is 0 Å². The van der Waals surface area contributed by atoms with Crippen LogP contribution in [0.25, 0.3) is 0 Å². The third-order valence-electron chi connectivity index (χ3n) is 1.78. The highest BCUT2D eigenvalue weighted by atomic mass is 35.5. The fraction of sp³-hybridized carbons (Fsp3) is 0. The zero-order valence-corrected chi connectivity index (χ0v) is 9.13. The van der Waals surface area contributed by atoms with Crippen molar-refractivity contribution in [2.75, 3.05) is 5.32 Å². The van der Waals surface area contributed by atoms with Gasteiger partial charge in [-0.15, -0.1) is 0 Å². The molecule has 1 N–H and O–H groups in total. The Balaban J connectivity index is 2.29. The van der Waals surface area contributed by atoms with Gasteiger partial charge in [0, 0.05) is 5.69 Å². The first-order chi connectivity index (χ1) is 7.27. The number of nitrogens with zero attached hydrogens (tertiary/aromatic N) is 2. The van der Waals surface area contributed by atoms with Crippen LogP contribution in [0.1, 0.15) is 0 Å². The molecule has 0 spiro atoms. The van der Waals surface area contributed by atoms with Crippen LogP contribution < -0.4 is 5.32 Å². The topological polar surface area (TPSA) is 37.8 Å². The summed E-state index contributed by atoms with van der Waals surface area (Å²) in [7, 11) is 0. The van der Waals surface area contributed by atoms with Crippen molar-refractivity contribution in [2.24, 2.45) is 0 Å². The molecule has 0 aliphatic heterocycles. The second-order valence-corrected chi connectivity index (χ2v) is 3.55. The summed E-state index contributed by atoms with van der Waals surface area (Å²) >= 11 is 11.7. The van der Waals surface area contributed by atoms with Gasteiger partial charge in [-0.1, -0.05) is 41.4 Å². The van der Waals surface area contributed by atoms with E-state index in [9.17, 15) is 0 Å². The predicted octanol–water partition coefficient (Wildman–Crippen LogP) is 3.53. The van der Waals surface area contributed by atoms with Gasteiger partial charge in [-0.3, -0.25) is 0 Å². The number of benzene rings is 1. The van der Waals surface area contributed by atoms with Crippen molar-refractivity contribution in [1.29, 1.82) is 0 Å². The number of halogens is 2. The Morgan fingerprint density at radius 2 is 1.73 bits per heavy atom. The van der Waals surface area contributed by atoms with Crippen LogP contribution in [0.5, 0.6) is 0 Å². The first kappa shape index (κ1) is 10.2. The average molecular weight is 240 g/mol. The zero-order valence-electron chi connectivity index (χ0n) is 7.61. The van der Waals surface area contributed by atoms with Gasteiger partial charge in [-0.05, 0) is 12.1 Å². The molecular weight excluding hydrogens is 233 g/mol. The van der Waals surface area contributed by atoms with Crippen LogP contribution in [0.2, 0.25) is 10.2 Å². The maximum atomic E-state index is 5.92. The minimum absolute atomic E-state index is 0.241. The van der Waals surface area contributed by atoms with Crippen LogP contribution in [-0.4, -0.2) is 9.97 Å². The maximum Gasteiger partial charge on any atom is 0.154 e. The summed E-state index contributed by atoms with van der Waals surface area (Å²) in [5.41, 5.74) is 0.897. The van der Waals surface area contributed by atoms with Gasteiger partial charge < -0.3 is 5.32 Å². The summed E-state index contributed by atoms with van der Waals surface area (Å²) in [6, 6.07) is 9.58. The summed E-state index contributed by atoms with van der Waals surface area (Å²) in [5, 5.41) is 3.61. The van der Waals surface area contributed by atoms with E-state index in [1.807, 2.05) is 30.3 Å². The van der Waals surface area contributed by atoms with Crippen LogP contribution in [0.3, 0.4) is 0 Å². The molecule has 5 heteroatoms. The van der Waals surface area contributed by atoms with Crippen molar-refractivity contribution in [3.05, 3.63) is 46.8 Å². The zero-order chi connectivity index (χ0) is 10.7. The number of anilines is 2. The molecule has 1 aromatic heterocycles. The monoisotopic (exact) mass is 239 g/mol. The van der Waals surface area contributed by atoms with Gasteiger partial charge in [0.1, 0.15) is 11.3 Å². The van der Waals surface area contributed by atoms with Gasteiger partial charge in [-0.25, -0.2) is 9.97 Å². The third kappa shape index (κ3) is 2.37. The Labute approximate surface area is 97.1 Å². The van der Waals surface area contributed by atoms with E-state index in [0.29, 0.717) is 10.8 Å². The molecule has 1 aromatic carbocycles. The Morgan fingerprint density at radius 1 is 1.00 bits per heavy atom. The number of aromatic nitrogens is 2. The van der Waals surface area contributed by atoms with Crippen LogP contribution in [-0.2, 0) is 0 Å². The summed E-state index contributed by atoms with van der Waals surface area (Å²) in [5.74, 6) is 0.503. The number of para-hydroxylation sites is 1. The summed E-state index contributed by atoms with van der Waals surface area (Å²) < 4.78 is 0. The molecule has 0 amide bonds. The van der Waals surface area contributed by atoms with Crippen molar-refractivity contribution < 1.29 is 0 Å². The molecule has 2 aromatic rings. The minimum Gasteiger partial charge on any atom is -0.339 e. The number of rotatable bonds is 2. The summed E-state index contributed by atoms with van der Waals surface area (Å²) in [4.78, 5) is 7.76. The second-order valence-electron chi connectivity index (χ2n) is 2.82. The fourth-order valence-electron chi connectivity index (χ4n) is 1.09. The second kappa shape index (κ2) is 4.47. The summed E-state index contributed by atoms with van der Waals surface area (Å²) in [6.07, 6.45) is 1.36. The molecule has 0 aliphatic rings. The lowest BCUT2D eigenvalue weighted by Gasteiger charge is -2.06. The molecule has 15 heavy (non-hydrogen) atoms. The van der Waals surface area contributed by atoms with Gasteiger partial charge in [0.2, 0.25) is 0 Å².